The molecule has 0 atom stereocenters. The summed E-state index contributed by atoms with van der Waals surface area (Å²) in [5.74, 6) is 0.356. The number of aromatic nitrogens is 2. The summed E-state index contributed by atoms with van der Waals surface area (Å²) >= 11 is 1.75. The van der Waals surface area contributed by atoms with E-state index < -0.39 is 0 Å². The maximum absolute atomic E-state index is 12.3. The van der Waals surface area contributed by atoms with Crippen molar-refractivity contribution in [3.05, 3.63) is 82.8 Å². The summed E-state index contributed by atoms with van der Waals surface area (Å²) in [6, 6.07) is 21.0. The van der Waals surface area contributed by atoms with Crippen LogP contribution in [0.4, 0.5) is 0 Å². The van der Waals surface area contributed by atoms with Crippen LogP contribution in [0.1, 0.15) is 5.56 Å². The Kier molecular flexibility index (Phi) is 5.49. The fraction of sp³-hybridized carbons (Fsp3) is 0.208. The zero-order chi connectivity index (χ0) is 20.4. The van der Waals surface area contributed by atoms with Gasteiger partial charge in [-0.1, -0.05) is 36.4 Å². The van der Waals surface area contributed by atoms with E-state index in [1.807, 2.05) is 18.3 Å². The standard InChI is InChI=1S/C24H24N2O2S/c1-25-16-18(14-22(28-2)24(25)27)21-15-19-20(10-7-11-23(19)29-3)26(21)13-12-17-8-5-4-6-9-17/h4-11,14-16H,12-13H2,1-3H3. The first-order valence-electron chi connectivity index (χ1n) is 9.57. The van der Waals surface area contributed by atoms with Gasteiger partial charge < -0.3 is 13.9 Å². The lowest BCUT2D eigenvalue weighted by molar-refractivity contribution is 0.405. The average Bonchev–Trinajstić information content (AvgIpc) is 3.13. The zero-order valence-corrected chi connectivity index (χ0v) is 17.7. The molecular weight excluding hydrogens is 380 g/mol. The molecule has 4 rings (SSSR count). The third-order valence-electron chi connectivity index (χ3n) is 5.26. The van der Waals surface area contributed by atoms with Gasteiger partial charge in [-0.25, -0.2) is 0 Å². The van der Waals surface area contributed by atoms with Crippen molar-refractivity contribution in [3.63, 3.8) is 0 Å². The molecule has 29 heavy (non-hydrogen) atoms. The highest BCUT2D eigenvalue weighted by Crippen LogP contribution is 2.34. The van der Waals surface area contributed by atoms with Gasteiger partial charge in [-0.05, 0) is 42.5 Å². The molecule has 0 amide bonds. The van der Waals surface area contributed by atoms with Gasteiger partial charge in [-0.2, -0.15) is 0 Å². The first-order chi connectivity index (χ1) is 14.1. The second kappa shape index (κ2) is 8.21. The van der Waals surface area contributed by atoms with Crippen LogP contribution in [0.2, 0.25) is 0 Å². The minimum atomic E-state index is -0.131. The van der Waals surface area contributed by atoms with Crippen molar-refractivity contribution in [1.82, 2.24) is 9.13 Å². The van der Waals surface area contributed by atoms with Gasteiger partial charge in [0, 0.05) is 41.2 Å². The van der Waals surface area contributed by atoms with E-state index in [-0.39, 0.29) is 5.56 Å². The molecule has 4 aromatic rings. The molecule has 0 radical (unpaired) electrons. The molecule has 148 valence electrons. The molecule has 0 unspecified atom stereocenters. The molecular formula is C24H24N2O2S. The van der Waals surface area contributed by atoms with Crippen molar-refractivity contribution in [2.75, 3.05) is 13.4 Å². The predicted octanol–water partition coefficient (Wildman–Crippen LogP) is 4.98. The van der Waals surface area contributed by atoms with Crippen LogP contribution in [0.5, 0.6) is 5.75 Å². The van der Waals surface area contributed by atoms with Crippen LogP contribution in [0.15, 0.2) is 76.6 Å². The summed E-state index contributed by atoms with van der Waals surface area (Å²) in [7, 11) is 3.30. The molecule has 2 heterocycles. The smallest absolute Gasteiger partial charge is 0.292 e. The van der Waals surface area contributed by atoms with Crippen molar-refractivity contribution in [2.45, 2.75) is 17.9 Å². The molecule has 4 nitrogen and oxygen atoms in total. The Balaban J connectivity index is 1.88. The van der Waals surface area contributed by atoms with Gasteiger partial charge in [-0.15, -0.1) is 11.8 Å². The molecule has 0 saturated carbocycles. The Morgan fingerprint density at radius 1 is 1.03 bits per heavy atom. The van der Waals surface area contributed by atoms with Gasteiger partial charge in [0.05, 0.1) is 12.8 Å². The van der Waals surface area contributed by atoms with E-state index in [0.717, 1.165) is 24.2 Å². The monoisotopic (exact) mass is 404 g/mol. The van der Waals surface area contributed by atoms with Gasteiger partial charge in [0.1, 0.15) is 0 Å². The summed E-state index contributed by atoms with van der Waals surface area (Å²) in [5.41, 5.74) is 4.44. The minimum Gasteiger partial charge on any atom is -0.491 e. The lowest BCUT2D eigenvalue weighted by Gasteiger charge is -2.13. The summed E-state index contributed by atoms with van der Waals surface area (Å²) in [6.07, 6.45) is 4.92. The molecule has 0 aliphatic carbocycles. The van der Waals surface area contributed by atoms with Crippen LogP contribution in [-0.4, -0.2) is 22.5 Å². The summed E-state index contributed by atoms with van der Waals surface area (Å²) < 4.78 is 9.26. The van der Waals surface area contributed by atoms with E-state index >= 15 is 0 Å². The Labute approximate surface area is 174 Å². The highest BCUT2D eigenvalue weighted by Gasteiger charge is 2.15. The molecule has 0 aliphatic heterocycles. The fourth-order valence-corrected chi connectivity index (χ4v) is 4.37. The van der Waals surface area contributed by atoms with Gasteiger partial charge in [0.2, 0.25) is 0 Å². The number of hydrogen-bond donors (Lipinski definition) is 0. The normalized spacial score (nSPS) is 11.1. The minimum absolute atomic E-state index is 0.131. The van der Waals surface area contributed by atoms with Crippen LogP contribution >= 0.6 is 11.8 Å². The first-order valence-corrected chi connectivity index (χ1v) is 10.8. The maximum atomic E-state index is 12.3. The van der Waals surface area contributed by atoms with Gasteiger partial charge >= 0.3 is 0 Å². The molecule has 2 aromatic carbocycles. The van der Waals surface area contributed by atoms with Crippen molar-refractivity contribution in [2.24, 2.45) is 7.05 Å². The van der Waals surface area contributed by atoms with Gasteiger partial charge in [0.15, 0.2) is 5.75 Å². The second-order valence-corrected chi connectivity index (χ2v) is 7.87. The second-order valence-electron chi connectivity index (χ2n) is 7.02. The SMILES string of the molecule is COc1cc(-c2cc3c(SC)cccc3n2CCc2ccccc2)cn(C)c1=O. The van der Waals surface area contributed by atoms with E-state index in [4.69, 9.17) is 4.74 Å². The van der Waals surface area contributed by atoms with Crippen molar-refractivity contribution >= 4 is 22.7 Å². The molecule has 0 N–H and O–H groups in total. The Morgan fingerprint density at radius 3 is 2.55 bits per heavy atom. The average molecular weight is 405 g/mol. The third kappa shape index (κ3) is 3.70. The lowest BCUT2D eigenvalue weighted by Crippen LogP contribution is -2.18. The van der Waals surface area contributed by atoms with Crippen molar-refractivity contribution in [3.8, 4) is 17.0 Å². The topological polar surface area (TPSA) is 36.2 Å². The predicted molar refractivity (Wildman–Crippen MR) is 121 cm³/mol. The number of ether oxygens (including phenoxy) is 1. The number of methoxy groups -OCH3 is 1. The van der Waals surface area contributed by atoms with Gasteiger partial charge in [0.25, 0.3) is 5.56 Å². The number of aryl methyl sites for hydroxylation is 3. The van der Waals surface area contributed by atoms with Crippen LogP contribution in [0, 0.1) is 0 Å². The molecule has 0 bridgehead atoms. The number of fused-ring (bicyclic) bond motifs is 1. The number of thioether (sulfide) groups is 1. The molecule has 0 saturated heterocycles. The molecule has 0 fully saturated rings. The van der Waals surface area contributed by atoms with Crippen LogP contribution < -0.4 is 10.3 Å². The quantitative estimate of drug-likeness (QED) is 0.425. The van der Waals surface area contributed by atoms with E-state index in [1.54, 1.807) is 23.4 Å². The van der Waals surface area contributed by atoms with E-state index in [0.29, 0.717) is 5.75 Å². The Hall–Kier alpha value is -2.92. The molecule has 0 aliphatic rings. The third-order valence-corrected chi connectivity index (χ3v) is 6.05. The number of benzene rings is 2. The Morgan fingerprint density at radius 2 is 1.83 bits per heavy atom. The van der Waals surface area contributed by atoms with Crippen LogP contribution in [-0.2, 0) is 20.0 Å². The fourth-order valence-electron chi connectivity index (χ4n) is 3.77. The highest BCUT2D eigenvalue weighted by molar-refractivity contribution is 7.98. The van der Waals surface area contributed by atoms with E-state index in [2.05, 4.69) is 59.4 Å². The zero-order valence-electron chi connectivity index (χ0n) is 16.9. The number of nitrogens with zero attached hydrogens (tertiary/aromatic N) is 2. The number of rotatable bonds is 6. The van der Waals surface area contributed by atoms with E-state index in [9.17, 15) is 4.79 Å². The molecule has 0 spiro atoms. The van der Waals surface area contributed by atoms with Crippen molar-refractivity contribution in [1.29, 1.82) is 0 Å². The summed E-state index contributed by atoms with van der Waals surface area (Å²) in [5, 5.41) is 1.23. The summed E-state index contributed by atoms with van der Waals surface area (Å²) in [6.45, 7) is 0.853. The molecule has 5 heteroatoms. The lowest BCUT2D eigenvalue weighted by atomic mass is 10.1. The molecule has 2 aromatic heterocycles. The maximum Gasteiger partial charge on any atom is 0.292 e. The Bertz CT molecular complexity index is 1210. The van der Waals surface area contributed by atoms with E-state index in [1.165, 1.54) is 28.5 Å². The van der Waals surface area contributed by atoms with Crippen LogP contribution in [0.3, 0.4) is 0 Å². The first kappa shape index (κ1) is 19.4. The highest BCUT2D eigenvalue weighted by atomic mass is 32.2. The van der Waals surface area contributed by atoms with Crippen LogP contribution in [0.25, 0.3) is 22.2 Å². The van der Waals surface area contributed by atoms with Crippen molar-refractivity contribution < 1.29 is 4.74 Å². The van der Waals surface area contributed by atoms with Gasteiger partial charge in [-0.3, -0.25) is 4.79 Å². The number of hydrogen-bond acceptors (Lipinski definition) is 3. The largest absolute Gasteiger partial charge is 0.491 e. The number of pyridine rings is 1. The summed E-state index contributed by atoms with van der Waals surface area (Å²) in [4.78, 5) is 13.5.